The van der Waals surface area contributed by atoms with E-state index in [0.717, 1.165) is 169 Å². The van der Waals surface area contributed by atoms with Crippen LogP contribution in [0, 0.1) is 18.8 Å². The molecule has 14 rings (SSSR count). The molecule has 29 heteroatoms. The van der Waals surface area contributed by atoms with Crippen LogP contribution < -0.4 is 27.6 Å². The molecule has 9 aliphatic rings. The summed E-state index contributed by atoms with van der Waals surface area (Å²) < 4.78 is 31.9. The minimum absolute atomic E-state index is 0. The summed E-state index contributed by atoms with van der Waals surface area (Å²) >= 11 is 3.36. The summed E-state index contributed by atoms with van der Waals surface area (Å²) in [4.78, 5) is 94.7. The van der Waals surface area contributed by atoms with E-state index in [1.165, 1.54) is 40.7 Å². The second-order valence-electron chi connectivity index (χ2n) is 42.0. The number of carbonyl (C=O) groups is 6. The van der Waals surface area contributed by atoms with Gasteiger partial charge in [0.15, 0.2) is 0 Å². The van der Waals surface area contributed by atoms with E-state index in [1.807, 2.05) is 144 Å². The Labute approximate surface area is 854 Å². The quantitative estimate of drug-likeness (QED) is 0.0540. The van der Waals surface area contributed by atoms with E-state index in [2.05, 4.69) is 225 Å². The molecule has 0 aliphatic carbocycles. The molecule has 9 aliphatic heterocycles. The Bertz CT molecular complexity index is 4240. The Kier molecular flexibility index (Phi) is 53.2. The largest absolute Gasteiger partial charge is 2.00 e. The molecule has 5 amide bonds. The van der Waals surface area contributed by atoms with Gasteiger partial charge in [-0.2, -0.15) is 5.26 Å². The molecule has 0 aromatic heterocycles. The molecule has 0 spiro atoms. The SMILES string of the molecule is BrCc1ccccc1.C1CCOC1.CC(C)(C)OC(=O)N1CCC(=O)CC1.C[C@H]1CN(C(=O)OC(C)(C)C)CCN1.C[C@H]1CN(C(=O)OC(C)(C)C)CCN1Cc1ccccc1.C[C@H]1CN(C2(C#N)CCN(C(=O)OC(C)(C)C)CC2)CCN1Cc1ccccc1.C[C@H]1CN(C2(C)CCN(C(=O)OC(C)(C)C)CC2)CCN1Cc1ccccc1.C[C@H]1CNCCN1Cc1ccccc1.[Br-].[CH3-].[Mg+2]. The first-order valence-corrected chi connectivity index (χ1v) is 50.0. The molecule has 0 radical (unpaired) electrons. The van der Waals surface area contributed by atoms with Crippen molar-refractivity contribution in [3.8, 4) is 6.07 Å². The topological polar surface area (TPSA) is 241 Å². The van der Waals surface area contributed by atoms with Crippen molar-refractivity contribution in [3.05, 3.63) is 187 Å². The third kappa shape index (κ3) is 45.7. The maximum Gasteiger partial charge on any atom is 2.00 e. The Morgan fingerprint density at radius 3 is 1.04 bits per heavy atom. The maximum absolute atomic E-state index is 12.4. The number of rotatable bonds is 11. The van der Waals surface area contributed by atoms with E-state index >= 15 is 0 Å². The van der Waals surface area contributed by atoms with Gasteiger partial charge in [0.25, 0.3) is 0 Å². The zero-order valence-electron chi connectivity index (χ0n) is 87.0. The van der Waals surface area contributed by atoms with Crippen LogP contribution in [0.25, 0.3) is 0 Å². The van der Waals surface area contributed by atoms with Crippen LogP contribution in [-0.2, 0) is 64.7 Å². The molecular weight excluding hydrogens is 1860 g/mol. The Hall–Kier alpha value is -7.02. The molecule has 756 valence electrons. The van der Waals surface area contributed by atoms with Gasteiger partial charge in [0.1, 0.15) is 39.3 Å². The number of alkyl halides is 1. The number of Topliss-reactive ketones (excluding diaryl/α,β-unsaturated/α-hetero) is 1. The Morgan fingerprint density at radius 2 is 0.721 bits per heavy atom. The van der Waals surface area contributed by atoms with Crippen molar-refractivity contribution in [1.29, 1.82) is 5.26 Å². The second kappa shape index (κ2) is 59.7. The van der Waals surface area contributed by atoms with Gasteiger partial charge in [-0.25, -0.2) is 24.0 Å². The predicted molar refractivity (Wildman–Crippen MR) is 549 cm³/mol. The van der Waals surface area contributed by atoms with Gasteiger partial charge in [-0.15, -0.1) is 0 Å². The normalized spacial score (nSPS) is 21.3. The number of likely N-dealkylation sites (tertiary alicyclic amines) is 3. The van der Waals surface area contributed by atoms with E-state index in [-0.39, 0.29) is 89.2 Å². The monoisotopic (exact) mass is 2030 g/mol. The number of piperazine rings is 5. The van der Waals surface area contributed by atoms with Crippen molar-refractivity contribution in [2.45, 2.75) is 298 Å². The molecule has 0 saturated carbocycles. The molecule has 5 aromatic rings. The van der Waals surface area contributed by atoms with Crippen molar-refractivity contribution >= 4 is 75.2 Å². The van der Waals surface area contributed by atoms with Crippen LogP contribution in [-0.4, -0.2) is 333 Å². The number of piperidine rings is 3. The number of nitrogens with one attached hydrogen (secondary N) is 2. The molecule has 9 saturated heterocycles. The minimum Gasteiger partial charge on any atom is -1.00 e. The van der Waals surface area contributed by atoms with Gasteiger partial charge in [-0.3, -0.25) is 34.2 Å². The second-order valence-corrected chi connectivity index (χ2v) is 42.6. The number of benzene rings is 5. The van der Waals surface area contributed by atoms with Gasteiger partial charge >= 0.3 is 53.5 Å². The average molecular weight is 2030 g/mol. The summed E-state index contributed by atoms with van der Waals surface area (Å²) in [6.07, 6.45) is 5.68. The summed E-state index contributed by atoms with van der Waals surface area (Å²) in [7, 11) is 0. The van der Waals surface area contributed by atoms with Crippen LogP contribution in [0.4, 0.5) is 24.0 Å². The van der Waals surface area contributed by atoms with Crippen LogP contribution in [0.2, 0.25) is 0 Å². The number of amides is 5. The van der Waals surface area contributed by atoms with Crippen LogP contribution >= 0.6 is 15.9 Å². The van der Waals surface area contributed by atoms with Crippen LogP contribution in [0.15, 0.2) is 152 Å². The molecule has 2 N–H and O–H groups in total. The summed E-state index contributed by atoms with van der Waals surface area (Å²) in [5.41, 5.74) is 4.26. The van der Waals surface area contributed by atoms with Gasteiger partial charge in [0, 0.05) is 231 Å². The fraction of sp³-hybridized carbons (Fsp3) is 0.645. The standard InChI is InChI=1S/C23H34N4O2.C23H37N3O2.C17H26N2O2.C12H18N2.C10H20N2O2.C10H17NO3.C7H7Br.C4H8O.CH3.BrH.Mg/c1-19-16-27(15-14-26(19)17-20-8-6-5-7-9-20)23(18-24)10-12-25(13-11-23)21(28)29-22(2,3)4;1-19-17-26(16-15-25(19)18-20-9-7-6-8-10-20)23(5)11-13-24(14-12-23)21(27)28-22(2,3)4;1-14-12-19(16(20)21-17(2,3)4)11-10-18(14)13-15-8-6-5-7-9-15;1-11-9-13-7-8-14(11)10-12-5-3-2-4-6-12;1-8-7-12(6-5-11-8)9(13)14-10(2,3)4;1-10(2,3)14-9(13)11-6-4-8(12)5-7-11;8-6-7-4-2-1-3-5-7;1-2-4-5-3-1;;;/h5-9,19H,10-17H2,1-4H3;6-10,19H,11-18H2,1-5H3;5-9,14H,10-13H2,1-4H3;2-6,11,13H,7-10H2,1H3;8,11H,5-7H2,1-4H3;4-7H2,1-3H3;1-5H,6H2;1-4H2;1H3;1H;/q;;;;;;;;-1;;+2/p-1/t2*19-;14-;11-;8-;;;;;;/m00000....../s1. The van der Waals surface area contributed by atoms with Gasteiger partial charge in [0.2, 0.25) is 0 Å². The van der Waals surface area contributed by atoms with E-state index in [0.29, 0.717) is 82.1 Å². The number of nitriles is 1. The van der Waals surface area contributed by atoms with Crippen LogP contribution in [0.1, 0.15) is 225 Å². The van der Waals surface area contributed by atoms with Crippen molar-refractivity contribution in [1.82, 2.24) is 64.5 Å². The molecule has 136 heavy (non-hydrogen) atoms. The maximum atomic E-state index is 12.4. The van der Waals surface area contributed by atoms with E-state index in [4.69, 9.17) is 28.4 Å². The van der Waals surface area contributed by atoms with E-state index < -0.39 is 33.5 Å². The zero-order chi connectivity index (χ0) is 97.6. The molecular formula is C107H170Br2MgN14O12. The number of carbonyl (C=O) groups excluding carboxylic acids is 6. The summed E-state index contributed by atoms with van der Waals surface area (Å²) in [5, 5.41) is 17.7. The van der Waals surface area contributed by atoms with Crippen molar-refractivity contribution in [3.63, 3.8) is 0 Å². The Morgan fingerprint density at radius 1 is 0.404 bits per heavy atom. The average Bonchev–Trinajstić information content (AvgIpc) is 0.811. The zero-order valence-corrected chi connectivity index (χ0v) is 91.6. The molecule has 9 fully saturated rings. The number of halogens is 2. The van der Waals surface area contributed by atoms with Gasteiger partial charge < -0.3 is 88.0 Å². The molecule has 0 bridgehead atoms. The fourth-order valence-electron chi connectivity index (χ4n) is 16.9. The molecule has 5 atom stereocenters. The summed E-state index contributed by atoms with van der Waals surface area (Å²) in [5.74, 6) is 0.227. The smallest absolute Gasteiger partial charge is 1.00 e. The number of ether oxygens (including phenoxy) is 6. The van der Waals surface area contributed by atoms with Crippen LogP contribution in [0.5, 0.6) is 0 Å². The van der Waals surface area contributed by atoms with Crippen molar-refractivity contribution in [2.75, 3.05) is 151 Å². The Balaban J connectivity index is 0.000000337. The third-order valence-corrected chi connectivity index (χ3v) is 25.3. The number of nitrogens with zero attached hydrogens (tertiary/aromatic N) is 12. The van der Waals surface area contributed by atoms with Gasteiger partial charge in [-0.05, 0) is 212 Å². The first-order chi connectivity index (χ1) is 62.8. The fourth-order valence-corrected chi connectivity index (χ4v) is 17.3. The molecule has 5 aromatic carbocycles. The van der Waals surface area contributed by atoms with Crippen molar-refractivity contribution < 1.29 is 74.2 Å². The minimum atomic E-state index is -0.495. The molecule has 0 unspecified atom stereocenters. The van der Waals surface area contributed by atoms with Crippen molar-refractivity contribution in [2.24, 2.45) is 0 Å². The summed E-state index contributed by atoms with van der Waals surface area (Å²) in [6.45, 7) is 65.5. The predicted octanol–water partition coefficient (Wildman–Crippen LogP) is 15.3. The summed E-state index contributed by atoms with van der Waals surface area (Å²) in [6, 6.07) is 57.6. The van der Waals surface area contributed by atoms with Gasteiger partial charge in [-0.1, -0.05) is 168 Å². The first-order valence-electron chi connectivity index (χ1n) is 48.9. The molecule has 26 nitrogen and oxygen atoms in total. The van der Waals surface area contributed by atoms with Gasteiger partial charge in [0.05, 0.1) is 6.07 Å². The number of hydrogen-bond donors (Lipinski definition) is 2. The van der Waals surface area contributed by atoms with Crippen LogP contribution in [0.3, 0.4) is 0 Å². The van der Waals surface area contributed by atoms with E-state index in [9.17, 15) is 34.0 Å². The third-order valence-electron chi connectivity index (χ3n) is 24.6. The number of ketones is 1. The molecule has 9 heterocycles. The van der Waals surface area contributed by atoms with E-state index in [1.54, 1.807) is 14.7 Å². The first kappa shape index (κ1) is 121. The number of hydrogen-bond acceptors (Lipinski definition) is 21.